The van der Waals surface area contributed by atoms with E-state index in [2.05, 4.69) is 4.98 Å². The quantitative estimate of drug-likeness (QED) is 0.805. The van der Waals surface area contributed by atoms with Gasteiger partial charge in [0.05, 0.1) is 11.3 Å². The lowest BCUT2D eigenvalue weighted by Gasteiger charge is -2.09. The lowest BCUT2D eigenvalue weighted by atomic mass is 10.2. The number of nitrogens with two attached hydrogens (primary N) is 1. The minimum absolute atomic E-state index is 0.0580. The van der Waals surface area contributed by atoms with Crippen LogP contribution in [-0.2, 0) is 12.8 Å². The third kappa shape index (κ3) is 2.83. The maximum Gasteiger partial charge on any atom is 0.416 e. The van der Waals surface area contributed by atoms with Gasteiger partial charge in [-0.3, -0.25) is 4.40 Å². The Morgan fingerprint density at radius 2 is 1.91 bits per heavy atom. The highest BCUT2D eigenvalue weighted by Crippen LogP contribution is 2.31. The lowest BCUT2D eigenvalue weighted by molar-refractivity contribution is -0.137. The average Bonchev–Trinajstić information content (AvgIpc) is 2.89. The topological polar surface area (TPSA) is 52.5 Å². The maximum absolute atomic E-state index is 12.6. The first kappa shape index (κ1) is 14.2. The van der Waals surface area contributed by atoms with Crippen LogP contribution in [0, 0.1) is 0 Å². The fraction of sp³-hybridized carbons (Fsp3) is 0.133. The summed E-state index contributed by atoms with van der Waals surface area (Å²) < 4.78 is 45.0. The smallest absolute Gasteiger partial charge is 0.416 e. The summed E-state index contributed by atoms with van der Waals surface area (Å²) >= 11 is 0. The predicted octanol–water partition coefficient (Wildman–Crippen LogP) is 3.51. The van der Waals surface area contributed by atoms with Crippen molar-refractivity contribution in [2.45, 2.75) is 12.8 Å². The largest absolute Gasteiger partial charge is 0.487 e. The number of anilines is 1. The van der Waals surface area contributed by atoms with Crippen LogP contribution in [0.1, 0.15) is 11.3 Å². The van der Waals surface area contributed by atoms with Crippen LogP contribution in [0.3, 0.4) is 0 Å². The Bertz CT molecular complexity index is 811. The Balaban J connectivity index is 1.78. The van der Waals surface area contributed by atoms with Crippen LogP contribution in [0.15, 0.2) is 48.7 Å². The number of benzene rings is 1. The van der Waals surface area contributed by atoms with Gasteiger partial charge in [0.2, 0.25) is 0 Å². The fourth-order valence-corrected chi connectivity index (χ4v) is 2.07. The molecule has 0 aliphatic heterocycles. The highest BCUT2D eigenvalue weighted by molar-refractivity contribution is 5.48. The number of imidazole rings is 1. The highest BCUT2D eigenvalue weighted by Gasteiger charge is 2.30. The Morgan fingerprint density at radius 1 is 1.14 bits per heavy atom. The second-order valence-electron chi connectivity index (χ2n) is 4.73. The minimum Gasteiger partial charge on any atom is -0.487 e. The number of hydrogen-bond acceptors (Lipinski definition) is 3. The summed E-state index contributed by atoms with van der Waals surface area (Å²) in [6.07, 6.45) is -2.70. The van der Waals surface area contributed by atoms with E-state index in [0.29, 0.717) is 17.2 Å². The SMILES string of the molecule is Nc1cccc2nc(COc3cccc(C(F)(F)F)c3)cn12. The number of pyridine rings is 1. The molecule has 22 heavy (non-hydrogen) atoms. The molecule has 2 heterocycles. The van der Waals surface area contributed by atoms with E-state index in [1.807, 2.05) is 0 Å². The normalized spacial score (nSPS) is 11.8. The van der Waals surface area contributed by atoms with Crippen LogP contribution < -0.4 is 10.5 Å². The maximum atomic E-state index is 12.6. The van der Waals surface area contributed by atoms with E-state index in [9.17, 15) is 13.2 Å². The number of ether oxygens (including phenoxy) is 1. The van der Waals surface area contributed by atoms with Crippen LogP contribution >= 0.6 is 0 Å². The number of hydrogen-bond donors (Lipinski definition) is 1. The molecule has 0 saturated heterocycles. The van der Waals surface area contributed by atoms with E-state index in [1.165, 1.54) is 12.1 Å². The lowest BCUT2D eigenvalue weighted by Crippen LogP contribution is -2.05. The van der Waals surface area contributed by atoms with Gasteiger partial charge < -0.3 is 10.5 Å². The van der Waals surface area contributed by atoms with Gasteiger partial charge in [-0.05, 0) is 30.3 Å². The fourth-order valence-electron chi connectivity index (χ4n) is 2.07. The van der Waals surface area contributed by atoms with Crippen molar-refractivity contribution >= 4 is 11.5 Å². The second kappa shape index (κ2) is 5.25. The standard InChI is InChI=1S/C15H12F3N3O/c16-15(17,18)10-3-1-4-12(7-10)22-9-11-8-21-13(19)5-2-6-14(21)20-11/h1-8H,9,19H2. The van der Waals surface area contributed by atoms with E-state index < -0.39 is 11.7 Å². The molecule has 114 valence electrons. The highest BCUT2D eigenvalue weighted by atomic mass is 19.4. The number of fused-ring (bicyclic) bond motifs is 1. The molecule has 3 aromatic rings. The molecule has 0 saturated carbocycles. The Labute approximate surface area is 124 Å². The number of alkyl halides is 3. The third-order valence-electron chi connectivity index (χ3n) is 3.12. The molecule has 0 radical (unpaired) electrons. The molecule has 4 nitrogen and oxygen atoms in total. The average molecular weight is 307 g/mol. The van der Waals surface area contributed by atoms with Crippen molar-refractivity contribution in [2.75, 3.05) is 5.73 Å². The van der Waals surface area contributed by atoms with Gasteiger partial charge >= 0.3 is 6.18 Å². The second-order valence-corrected chi connectivity index (χ2v) is 4.73. The van der Waals surface area contributed by atoms with Gasteiger partial charge in [-0.25, -0.2) is 4.98 Å². The molecule has 0 aliphatic carbocycles. The number of nitrogen functional groups attached to an aromatic ring is 1. The predicted molar refractivity (Wildman–Crippen MR) is 75.4 cm³/mol. The molecular weight excluding hydrogens is 295 g/mol. The summed E-state index contributed by atoms with van der Waals surface area (Å²) in [6.45, 7) is 0.0580. The Hall–Kier alpha value is -2.70. The van der Waals surface area contributed by atoms with Crippen molar-refractivity contribution in [3.63, 3.8) is 0 Å². The van der Waals surface area contributed by atoms with Gasteiger partial charge in [-0.2, -0.15) is 13.2 Å². The molecule has 0 spiro atoms. The van der Waals surface area contributed by atoms with Gasteiger partial charge in [-0.15, -0.1) is 0 Å². The Kier molecular flexibility index (Phi) is 3.40. The van der Waals surface area contributed by atoms with E-state index in [1.54, 1.807) is 28.8 Å². The molecule has 3 rings (SSSR count). The molecule has 0 amide bonds. The molecule has 7 heteroatoms. The Morgan fingerprint density at radius 3 is 2.64 bits per heavy atom. The first-order valence-corrected chi connectivity index (χ1v) is 6.46. The molecule has 0 bridgehead atoms. The van der Waals surface area contributed by atoms with E-state index in [4.69, 9.17) is 10.5 Å². The number of halogens is 3. The van der Waals surface area contributed by atoms with E-state index in [-0.39, 0.29) is 12.4 Å². The zero-order chi connectivity index (χ0) is 15.7. The first-order valence-electron chi connectivity index (χ1n) is 6.46. The summed E-state index contributed by atoms with van der Waals surface area (Å²) in [6, 6.07) is 10.0. The van der Waals surface area contributed by atoms with E-state index >= 15 is 0 Å². The molecule has 0 unspecified atom stereocenters. The van der Waals surface area contributed by atoms with Gasteiger partial charge in [0.15, 0.2) is 0 Å². The molecule has 0 aliphatic rings. The zero-order valence-electron chi connectivity index (χ0n) is 11.3. The molecule has 2 aromatic heterocycles. The van der Waals surface area contributed by atoms with Crippen LogP contribution in [0.4, 0.5) is 19.0 Å². The summed E-state index contributed by atoms with van der Waals surface area (Å²) in [5.41, 5.74) is 6.29. The first-order chi connectivity index (χ1) is 10.4. The summed E-state index contributed by atoms with van der Waals surface area (Å²) in [7, 11) is 0. The summed E-state index contributed by atoms with van der Waals surface area (Å²) in [4.78, 5) is 4.30. The zero-order valence-corrected chi connectivity index (χ0v) is 11.3. The van der Waals surface area contributed by atoms with Crippen molar-refractivity contribution in [3.05, 3.63) is 59.9 Å². The minimum atomic E-state index is -4.39. The summed E-state index contributed by atoms with van der Waals surface area (Å²) in [5, 5.41) is 0. The van der Waals surface area contributed by atoms with E-state index in [0.717, 1.165) is 12.1 Å². The van der Waals surface area contributed by atoms with Gasteiger partial charge in [-0.1, -0.05) is 12.1 Å². The number of aromatic nitrogens is 2. The van der Waals surface area contributed by atoms with Crippen LogP contribution in [0.25, 0.3) is 5.65 Å². The van der Waals surface area contributed by atoms with Crippen molar-refractivity contribution in [1.29, 1.82) is 0 Å². The molecule has 2 N–H and O–H groups in total. The van der Waals surface area contributed by atoms with Crippen molar-refractivity contribution in [3.8, 4) is 5.75 Å². The van der Waals surface area contributed by atoms with Gasteiger partial charge in [0.1, 0.15) is 23.8 Å². The van der Waals surface area contributed by atoms with Crippen molar-refractivity contribution in [1.82, 2.24) is 9.38 Å². The molecular formula is C15H12F3N3O. The van der Waals surface area contributed by atoms with Crippen molar-refractivity contribution in [2.24, 2.45) is 0 Å². The van der Waals surface area contributed by atoms with Gasteiger partial charge in [0, 0.05) is 6.20 Å². The monoisotopic (exact) mass is 307 g/mol. The van der Waals surface area contributed by atoms with Crippen LogP contribution in [-0.4, -0.2) is 9.38 Å². The summed E-state index contributed by atoms with van der Waals surface area (Å²) in [5.74, 6) is 0.662. The van der Waals surface area contributed by atoms with Crippen molar-refractivity contribution < 1.29 is 17.9 Å². The number of rotatable bonds is 3. The van der Waals surface area contributed by atoms with Gasteiger partial charge in [0.25, 0.3) is 0 Å². The molecule has 0 fully saturated rings. The molecule has 0 atom stereocenters. The van der Waals surface area contributed by atoms with Crippen LogP contribution in [0.5, 0.6) is 5.75 Å². The molecule has 1 aromatic carbocycles. The number of nitrogens with zero attached hydrogens (tertiary/aromatic N) is 2. The third-order valence-corrected chi connectivity index (χ3v) is 3.12. The van der Waals surface area contributed by atoms with Crippen LogP contribution in [0.2, 0.25) is 0 Å².